The number of ether oxygens (including phenoxy) is 1. The first-order valence-electron chi connectivity index (χ1n) is 10.4. The summed E-state index contributed by atoms with van der Waals surface area (Å²) in [7, 11) is 0. The summed E-state index contributed by atoms with van der Waals surface area (Å²) in [5.41, 5.74) is 3.74. The van der Waals surface area contributed by atoms with Gasteiger partial charge in [-0.25, -0.2) is 9.29 Å². The second kappa shape index (κ2) is 8.67. The number of hydrogen-bond donors (Lipinski definition) is 1. The molecule has 1 heterocycles. The van der Waals surface area contributed by atoms with Crippen LogP contribution in [-0.2, 0) is 9.59 Å². The Labute approximate surface area is 186 Å². The Morgan fingerprint density at radius 3 is 2.41 bits per heavy atom. The molecule has 0 saturated carbocycles. The Hall–Kier alpha value is -3.93. The summed E-state index contributed by atoms with van der Waals surface area (Å²) >= 11 is 0. The van der Waals surface area contributed by atoms with Crippen molar-refractivity contribution in [2.24, 2.45) is 0 Å². The SMILES string of the molecule is CCOc1ccccc1N1C(=O)C(Nc2cccc(F)c2)=C(c2ccc(C)c(C)c2)C1=O. The van der Waals surface area contributed by atoms with E-state index in [1.807, 2.05) is 39.0 Å². The van der Waals surface area contributed by atoms with Crippen LogP contribution >= 0.6 is 0 Å². The van der Waals surface area contributed by atoms with Crippen LogP contribution in [-0.4, -0.2) is 18.4 Å². The van der Waals surface area contributed by atoms with Crippen LogP contribution in [0.4, 0.5) is 15.8 Å². The van der Waals surface area contributed by atoms with Crippen molar-refractivity contribution in [3.63, 3.8) is 0 Å². The number of nitrogens with one attached hydrogen (secondary N) is 1. The summed E-state index contributed by atoms with van der Waals surface area (Å²) in [4.78, 5) is 28.3. The Kier molecular flexibility index (Phi) is 5.77. The van der Waals surface area contributed by atoms with Crippen molar-refractivity contribution in [1.82, 2.24) is 0 Å². The van der Waals surface area contributed by atoms with E-state index >= 15 is 0 Å². The molecule has 0 saturated heterocycles. The molecule has 5 nitrogen and oxygen atoms in total. The van der Waals surface area contributed by atoms with Gasteiger partial charge < -0.3 is 10.1 Å². The number of halogens is 1. The predicted molar refractivity (Wildman–Crippen MR) is 123 cm³/mol. The molecule has 0 aromatic heterocycles. The van der Waals surface area contributed by atoms with Crippen LogP contribution in [0.2, 0.25) is 0 Å². The minimum absolute atomic E-state index is 0.0927. The quantitative estimate of drug-likeness (QED) is 0.544. The van der Waals surface area contributed by atoms with Crippen LogP contribution in [0, 0.1) is 19.7 Å². The van der Waals surface area contributed by atoms with Crippen molar-refractivity contribution in [2.75, 3.05) is 16.8 Å². The largest absolute Gasteiger partial charge is 0.492 e. The van der Waals surface area contributed by atoms with Crippen LogP contribution in [0.25, 0.3) is 5.57 Å². The fourth-order valence-electron chi connectivity index (χ4n) is 3.66. The lowest BCUT2D eigenvalue weighted by atomic mass is 9.99. The van der Waals surface area contributed by atoms with Gasteiger partial charge in [-0.15, -0.1) is 0 Å². The first-order chi connectivity index (χ1) is 15.4. The number of benzene rings is 3. The molecule has 2 amide bonds. The van der Waals surface area contributed by atoms with Gasteiger partial charge in [0.15, 0.2) is 0 Å². The van der Waals surface area contributed by atoms with E-state index in [9.17, 15) is 14.0 Å². The zero-order chi connectivity index (χ0) is 22.8. The van der Waals surface area contributed by atoms with Gasteiger partial charge in [-0.3, -0.25) is 9.59 Å². The number of carbonyl (C=O) groups excluding carboxylic acids is 2. The average Bonchev–Trinajstić information content (AvgIpc) is 3.00. The molecule has 3 aromatic rings. The van der Waals surface area contributed by atoms with E-state index in [2.05, 4.69) is 5.32 Å². The van der Waals surface area contributed by atoms with Gasteiger partial charge in [0.2, 0.25) is 0 Å². The fraction of sp³-hybridized carbons (Fsp3) is 0.154. The lowest BCUT2D eigenvalue weighted by molar-refractivity contribution is -0.120. The zero-order valence-corrected chi connectivity index (χ0v) is 18.1. The number of rotatable bonds is 6. The fourth-order valence-corrected chi connectivity index (χ4v) is 3.66. The molecule has 0 atom stereocenters. The van der Waals surface area contributed by atoms with Gasteiger partial charge in [-0.1, -0.05) is 36.4 Å². The number of nitrogens with zero attached hydrogens (tertiary/aromatic N) is 1. The van der Waals surface area contributed by atoms with E-state index in [1.165, 1.54) is 18.2 Å². The summed E-state index contributed by atoms with van der Waals surface area (Å²) in [6.45, 7) is 6.15. The smallest absolute Gasteiger partial charge is 0.282 e. The van der Waals surface area contributed by atoms with E-state index in [0.717, 1.165) is 16.0 Å². The highest BCUT2D eigenvalue weighted by molar-refractivity contribution is 6.46. The number of hydrogen-bond acceptors (Lipinski definition) is 4. The van der Waals surface area contributed by atoms with Gasteiger partial charge in [0, 0.05) is 5.69 Å². The standard InChI is InChI=1S/C26H23FN2O3/c1-4-32-22-11-6-5-10-21(22)29-25(30)23(18-13-12-16(2)17(3)14-18)24(26(29)31)28-20-9-7-8-19(27)15-20/h5-15,28H,4H2,1-3H3. The normalized spacial score (nSPS) is 13.7. The lowest BCUT2D eigenvalue weighted by Crippen LogP contribution is -2.32. The Morgan fingerprint density at radius 2 is 1.69 bits per heavy atom. The molecule has 0 aliphatic carbocycles. The van der Waals surface area contributed by atoms with Crippen LogP contribution < -0.4 is 15.0 Å². The molecule has 1 N–H and O–H groups in total. The molecule has 1 aliphatic heterocycles. The van der Waals surface area contributed by atoms with Crippen molar-refractivity contribution in [1.29, 1.82) is 0 Å². The van der Waals surface area contributed by atoms with Crippen LogP contribution in [0.15, 0.2) is 72.4 Å². The zero-order valence-electron chi connectivity index (χ0n) is 18.1. The maximum Gasteiger partial charge on any atom is 0.282 e. The van der Waals surface area contributed by atoms with Crippen molar-refractivity contribution in [2.45, 2.75) is 20.8 Å². The minimum atomic E-state index is -0.528. The first-order valence-corrected chi connectivity index (χ1v) is 10.4. The molecular formula is C26H23FN2O3. The predicted octanol–water partition coefficient (Wildman–Crippen LogP) is 5.24. The van der Waals surface area contributed by atoms with Crippen molar-refractivity contribution in [3.05, 3.63) is 94.9 Å². The van der Waals surface area contributed by atoms with Crippen molar-refractivity contribution >= 4 is 28.8 Å². The van der Waals surface area contributed by atoms with E-state index in [0.29, 0.717) is 29.3 Å². The van der Waals surface area contributed by atoms with Crippen LogP contribution in [0.1, 0.15) is 23.6 Å². The maximum atomic E-state index is 13.8. The molecule has 0 fully saturated rings. The monoisotopic (exact) mass is 430 g/mol. The Morgan fingerprint density at radius 1 is 0.906 bits per heavy atom. The second-order valence-corrected chi connectivity index (χ2v) is 7.53. The van der Waals surface area contributed by atoms with E-state index in [1.54, 1.807) is 30.3 Å². The third kappa shape index (κ3) is 3.87. The van der Waals surface area contributed by atoms with E-state index in [-0.39, 0.29) is 11.3 Å². The van der Waals surface area contributed by atoms with Gasteiger partial charge in [-0.2, -0.15) is 0 Å². The van der Waals surface area contributed by atoms with Gasteiger partial charge in [0.05, 0.1) is 17.9 Å². The number of amides is 2. The maximum absolute atomic E-state index is 13.8. The highest BCUT2D eigenvalue weighted by atomic mass is 19.1. The highest BCUT2D eigenvalue weighted by Gasteiger charge is 2.41. The molecule has 1 aliphatic rings. The topological polar surface area (TPSA) is 58.6 Å². The molecule has 4 rings (SSSR count). The van der Waals surface area contributed by atoms with Gasteiger partial charge >= 0.3 is 0 Å². The van der Waals surface area contributed by atoms with E-state index < -0.39 is 17.6 Å². The summed E-state index contributed by atoms with van der Waals surface area (Å²) in [6.07, 6.45) is 0. The number of imide groups is 1. The average molecular weight is 430 g/mol. The molecule has 0 unspecified atom stereocenters. The third-order valence-electron chi connectivity index (χ3n) is 5.38. The molecule has 3 aromatic carbocycles. The number of para-hydroxylation sites is 2. The summed E-state index contributed by atoms with van der Waals surface area (Å²) in [5, 5.41) is 2.98. The highest BCUT2D eigenvalue weighted by Crippen LogP contribution is 2.38. The molecular weight excluding hydrogens is 407 g/mol. The van der Waals surface area contributed by atoms with E-state index in [4.69, 9.17) is 4.74 Å². The van der Waals surface area contributed by atoms with Gasteiger partial charge in [0.25, 0.3) is 11.8 Å². The number of aryl methyl sites for hydroxylation is 2. The van der Waals surface area contributed by atoms with Crippen LogP contribution in [0.5, 0.6) is 5.75 Å². The minimum Gasteiger partial charge on any atom is -0.492 e. The molecule has 6 heteroatoms. The van der Waals surface area contributed by atoms with Crippen molar-refractivity contribution < 1.29 is 18.7 Å². The molecule has 0 spiro atoms. The third-order valence-corrected chi connectivity index (χ3v) is 5.38. The second-order valence-electron chi connectivity index (χ2n) is 7.53. The summed E-state index contributed by atoms with van der Waals surface area (Å²) in [6, 6.07) is 18.3. The van der Waals surface area contributed by atoms with Crippen LogP contribution in [0.3, 0.4) is 0 Å². The number of carbonyl (C=O) groups is 2. The van der Waals surface area contributed by atoms with Gasteiger partial charge in [0.1, 0.15) is 17.3 Å². The molecule has 0 bridgehead atoms. The molecule has 162 valence electrons. The summed E-state index contributed by atoms with van der Waals surface area (Å²) in [5.74, 6) is -1.01. The Balaban J connectivity index is 1.86. The molecule has 32 heavy (non-hydrogen) atoms. The lowest BCUT2D eigenvalue weighted by Gasteiger charge is -2.19. The summed E-state index contributed by atoms with van der Waals surface area (Å²) < 4.78 is 19.4. The molecule has 0 radical (unpaired) electrons. The van der Waals surface area contributed by atoms with Crippen molar-refractivity contribution in [3.8, 4) is 5.75 Å². The number of anilines is 2. The Bertz CT molecular complexity index is 1250. The van der Waals surface area contributed by atoms with Gasteiger partial charge in [-0.05, 0) is 67.8 Å². The first kappa shape index (κ1) is 21.3.